The number of carbonyl (C=O) groups excluding carboxylic acids is 1. The second-order valence-corrected chi connectivity index (χ2v) is 9.87. The third-order valence-corrected chi connectivity index (χ3v) is 7.09. The Morgan fingerprint density at radius 1 is 1.06 bits per heavy atom. The van der Waals surface area contributed by atoms with E-state index < -0.39 is 27.8 Å². The summed E-state index contributed by atoms with van der Waals surface area (Å²) in [6.07, 6.45) is 3.48. The van der Waals surface area contributed by atoms with E-state index in [0.29, 0.717) is 24.9 Å². The van der Waals surface area contributed by atoms with Gasteiger partial charge in [0, 0.05) is 18.8 Å². The van der Waals surface area contributed by atoms with Crippen molar-refractivity contribution in [3.63, 3.8) is 0 Å². The van der Waals surface area contributed by atoms with Gasteiger partial charge in [-0.3, -0.25) is 4.79 Å². The zero-order valence-corrected chi connectivity index (χ0v) is 19.4. The molecule has 2 aromatic carbocycles. The Kier molecular flexibility index (Phi) is 7.54. The van der Waals surface area contributed by atoms with Gasteiger partial charge in [-0.15, -0.1) is 0 Å². The maximum absolute atomic E-state index is 13.2. The Morgan fingerprint density at radius 3 is 2.59 bits per heavy atom. The van der Waals surface area contributed by atoms with E-state index in [9.17, 15) is 17.6 Å². The van der Waals surface area contributed by atoms with Crippen molar-refractivity contribution in [2.45, 2.75) is 36.6 Å². The first-order chi connectivity index (χ1) is 16.4. The summed E-state index contributed by atoms with van der Waals surface area (Å²) in [6.45, 7) is 1.29. The Morgan fingerprint density at radius 2 is 1.82 bits per heavy atom. The van der Waals surface area contributed by atoms with Crippen LogP contribution < -0.4 is 15.4 Å². The second kappa shape index (κ2) is 10.8. The van der Waals surface area contributed by atoms with E-state index in [1.165, 1.54) is 5.56 Å². The topological polar surface area (TPSA) is 100 Å². The highest BCUT2D eigenvalue weighted by atomic mass is 32.2. The number of nitrogens with zero attached hydrogens (tertiary/aromatic N) is 1. The quantitative estimate of drug-likeness (QED) is 0.406. The molecule has 0 aliphatic carbocycles. The fourth-order valence-corrected chi connectivity index (χ4v) is 5.03. The number of benzene rings is 2. The Hall–Kier alpha value is -3.30. The molecule has 7 nitrogen and oxygen atoms in total. The Bertz CT molecular complexity index is 1230. The van der Waals surface area contributed by atoms with Crippen molar-refractivity contribution in [2.24, 2.45) is 0 Å². The van der Waals surface area contributed by atoms with E-state index in [4.69, 9.17) is 0 Å². The average molecular weight is 483 g/mol. The minimum absolute atomic E-state index is 0.116. The fourth-order valence-electron chi connectivity index (χ4n) is 3.85. The number of aromatic nitrogens is 1. The van der Waals surface area contributed by atoms with Gasteiger partial charge >= 0.3 is 0 Å². The molecule has 3 aromatic rings. The van der Waals surface area contributed by atoms with Gasteiger partial charge in [0.05, 0.1) is 4.90 Å². The Labute approximate surface area is 198 Å². The van der Waals surface area contributed by atoms with E-state index in [0.717, 1.165) is 55.2 Å². The SMILES string of the molecule is O=C(NCCCc1ccc2c(n1)NCCC2)C(NS(=O)(=O)c1ccc(F)cc1)c1ccccc1. The van der Waals surface area contributed by atoms with Gasteiger partial charge in [-0.2, -0.15) is 4.72 Å². The van der Waals surface area contributed by atoms with E-state index in [1.807, 2.05) is 6.07 Å². The van der Waals surface area contributed by atoms with Gasteiger partial charge in [0.2, 0.25) is 15.9 Å². The van der Waals surface area contributed by atoms with Crippen LogP contribution >= 0.6 is 0 Å². The van der Waals surface area contributed by atoms with Gasteiger partial charge < -0.3 is 10.6 Å². The summed E-state index contributed by atoms with van der Waals surface area (Å²) in [7, 11) is -4.05. The maximum Gasteiger partial charge on any atom is 0.242 e. The van der Waals surface area contributed by atoms with Crippen molar-refractivity contribution in [2.75, 3.05) is 18.4 Å². The molecule has 3 N–H and O–H groups in total. The van der Waals surface area contributed by atoms with Gasteiger partial charge in [0.1, 0.15) is 17.7 Å². The second-order valence-electron chi connectivity index (χ2n) is 8.15. The molecule has 1 aromatic heterocycles. The van der Waals surface area contributed by atoms with Crippen molar-refractivity contribution in [1.29, 1.82) is 0 Å². The highest BCUT2D eigenvalue weighted by molar-refractivity contribution is 7.89. The van der Waals surface area contributed by atoms with E-state index in [2.05, 4.69) is 26.4 Å². The molecule has 0 radical (unpaired) electrons. The fraction of sp³-hybridized carbons (Fsp3) is 0.280. The average Bonchev–Trinajstić information content (AvgIpc) is 2.86. The van der Waals surface area contributed by atoms with Crippen LogP contribution in [0.5, 0.6) is 0 Å². The van der Waals surface area contributed by atoms with Crippen molar-refractivity contribution in [3.05, 3.63) is 89.4 Å². The minimum atomic E-state index is -4.05. The molecule has 0 fully saturated rings. The number of aryl methyl sites for hydroxylation is 2. The van der Waals surface area contributed by atoms with Gasteiger partial charge in [0.25, 0.3) is 0 Å². The third kappa shape index (κ3) is 5.98. The van der Waals surface area contributed by atoms with Gasteiger partial charge in [0.15, 0.2) is 0 Å². The van der Waals surface area contributed by atoms with Crippen LogP contribution in [-0.4, -0.2) is 32.4 Å². The molecular weight excluding hydrogens is 455 g/mol. The predicted octanol–water partition coefficient (Wildman–Crippen LogP) is 3.35. The summed E-state index contributed by atoms with van der Waals surface area (Å²) in [5, 5.41) is 6.14. The molecule has 1 unspecified atom stereocenters. The molecule has 0 saturated carbocycles. The first-order valence-corrected chi connectivity index (χ1v) is 12.7. The number of hydrogen-bond acceptors (Lipinski definition) is 5. The molecule has 0 bridgehead atoms. The number of halogens is 1. The largest absolute Gasteiger partial charge is 0.370 e. The summed E-state index contributed by atoms with van der Waals surface area (Å²) in [5.74, 6) is -0.0652. The van der Waals surface area contributed by atoms with Crippen LogP contribution in [0.4, 0.5) is 10.2 Å². The van der Waals surface area contributed by atoms with Crippen LogP contribution in [-0.2, 0) is 27.7 Å². The van der Waals surface area contributed by atoms with Crippen LogP contribution in [0.25, 0.3) is 0 Å². The summed E-state index contributed by atoms with van der Waals surface area (Å²) in [6, 6.07) is 16.1. The molecule has 2 heterocycles. The molecule has 1 aliphatic rings. The van der Waals surface area contributed by atoms with Crippen molar-refractivity contribution in [1.82, 2.24) is 15.0 Å². The maximum atomic E-state index is 13.2. The third-order valence-electron chi connectivity index (χ3n) is 5.65. The van der Waals surface area contributed by atoms with Crippen molar-refractivity contribution in [3.8, 4) is 0 Å². The number of amides is 1. The molecular formula is C25H27FN4O3S. The molecule has 0 spiro atoms. The number of pyridine rings is 1. The van der Waals surface area contributed by atoms with E-state index in [-0.39, 0.29) is 4.90 Å². The molecule has 34 heavy (non-hydrogen) atoms. The van der Waals surface area contributed by atoms with Crippen molar-refractivity contribution < 1.29 is 17.6 Å². The summed E-state index contributed by atoms with van der Waals surface area (Å²) in [4.78, 5) is 17.5. The highest BCUT2D eigenvalue weighted by Gasteiger charge is 2.27. The molecule has 1 atom stereocenters. The number of anilines is 1. The zero-order valence-electron chi connectivity index (χ0n) is 18.6. The van der Waals surface area contributed by atoms with E-state index in [1.54, 1.807) is 30.3 Å². The summed E-state index contributed by atoms with van der Waals surface area (Å²) in [5.41, 5.74) is 2.68. The van der Waals surface area contributed by atoms with Crippen LogP contribution in [0.3, 0.4) is 0 Å². The minimum Gasteiger partial charge on any atom is -0.370 e. The number of rotatable bonds is 9. The number of nitrogens with one attached hydrogen (secondary N) is 3. The molecule has 178 valence electrons. The van der Waals surface area contributed by atoms with Gasteiger partial charge in [-0.1, -0.05) is 36.4 Å². The number of hydrogen-bond donors (Lipinski definition) is 3. The lowest BCUT2D eigenvalue weighted by Crippen LogP contribution is -2.40. The van der Waals surface area contributed by atoms with Crippen LogP contribution in [0.2, 0.25) is 0 Å². The summed E-state index contributed by atoms with van der Waals surface area (Å²) < 4.78 is 41.3. The lowest BCUT2D eigenvalue weighted by atomic mass is 10.1. The lowest BCUT2D eigenvalue weighted by molar-refractivity contribution is -0.122. The molecule has 1 amide bonds. The number of carbonyl (C=O) groups is 1. The monoisotopic (exact) mass is 482 g/mol. The number of sulfonamides is 1. The predicted molar refractivity (Wildman–Crippen MR) is 128 cm³/mol. The molecule has 9 heteroatoms. The highest BCUT2D eigenvalue weighted by Crippen LogP contribution is 2.21. The standard InChI is InChI=1S/C25H27FN4O3S/c26-20-11-14-22(15-12-20)34(32,33)30-23(18-6-2-1-3-7-18)25(31)28-17-5-9-21-13-10-19-8-4-16-27-24(19)29-21/h1-3,6-7,10-15,23,30H,4-5,8-9,16-17H2,(H,27,29)(H,28,31). The Balaban J connectivity index is 1.39. The first-order valence-electron chi connectivity index (χ1n) is 11.3. The zero-order chi connectivity index (χ0) is 24.0. The van der Waals surface area contributed by atoms with Crippen LogP contribution in [0.1, 0.15) is 35.7 Å². The molecule has 0 saturated heterocycles. The molecule has 1 aliphatic heterocycles. The first kappa shape index (κ1) is 23.8. The molecule has 4 rings (SSSR count). The van der Waals surface area contributed by atoms with Crippen molar-refractivity contribution >= 4 is 21.7 Å². The summed E-state index contributed by atoms with van der Waals surface area (Å²) >= 11 is 0. The van der Waals surface area contributed by atoms with Crippen LogP contribution in [0, 0.1) is 5.82 Å². The number of fused-ring (bicyclic) bond motifs is 1. The van der Waals surface area contributed by atoms with Gasteiger partial charge in [-0.05, 0) is 67.1 Å². The van der Waals surface area contributed by atoms with Crippen LogP contribution in [0.15, 0.2) is 71.6 Å². The smallest absolute Gasteiger partial charge is 0.242 e. The lowest BCUT2D eigenvalue weighted by Gasteiger charge is -2.19. The van der Waals surface area contributed by atoms with E-state index >= 15 is 0 Å². The van der Waals surface area contributed by atoms with Gasteiger partial charge in [-0.25, -0.2) is 17.8 Å². The normalized spacial score (nSPS) is 14.0.